The van der Waals surface area contributed by atoms with Crippen LogP contribution in [-0.2, 0) is 9.59 Å². The minimum absolute atomic E-state index is 0.0194. The van der Waals surface area contributed by atoms with Gasteiger partial charge >= 0.3 is 0 Å². The van der Waals surface area contributed by atoms with Crippen molar-refractivity contribution in [3.8, 4) is 0 Å². The van der Waals surface area contributed by atoms with Gasteiger partial charge in [0.15, 0.2) is 5.78 Å². The minimum Gasteiger partial charge on any atom is -0.346 e. The lowest BCUT2D eigenvalue weighted by molar-refractivity contribution is -0.130. The molecule has 0 aliphatic carbocycles. The zero-order chi connectivity index (χ0) is 18.2. The Morgan fingerprint density at radius 3 is 2.21 bits per heavy atom. The second-order valence-corrected chi connectivity index (χ2v) is 6.37. The third kappa shape index (κ3) is 10.7. The molecule has 0 fully saturated rings. The van der Waals surface area contributed by atoms with Crippen LogP contribution in [0.5, 0.6) is 0 Å². The number of hydrogen-bond acceptors (Lipinski definition) is 5. The first-order valence-electron chi connectivity index (χ1n) is 9.43. The zero-order valence-electron chi connectivity index (χ0n) is 15.8. The highest BCUT2D eigenvalue weighted by atomic mass is 16.2. The normalized spacial score (nSPS) is 13.5. The van der Waals surface area contributed by atoms with E-state index in [0.717, 1.165) is 51.6 Å². The molecular weight excluding hydrogens is 304 g/mol. The first-order chi connectivity index (χ1) is 11.6. The Morgan fingerprint density at radius 1 is 0.958 bits per heavy atom. The number of rotatable bonds is 16. The summed E-state index contributed by atoms with van der Waals surface area (Å²) in [5.74, 6) is 0.144. The summed E-state index contributed by atoms with van der Waals surface area (Å²) in [4.78, 5) is 25.0. The van der Waals surface area contributed by atoms with Crippen molar-refractivity contribution in [2.75, 3.05) is 33.7 Å². The number of carbonyl (C=O) groups excluding carboxylic acids is 2. The molecule has 0 saturated carbocycles. The van der Waals surface area contributed by atoms with E-state index in [4.69, 9.17) is 5.73 Å². The van der Waals surface area contributed by atoms with Gasteiger partial charge in [-0.15, -0.1) is 0 Å². The van der Waals surface area contributed by atoms with Crippen LogP contribution in [0.1, 0.15) is 58.3 Å². The topological polar surface area (TPSA) is 96.2 Å². The fraction of sp³-hybridized carbons (Fsp3) is 0.889. The van der Waals surface area contributed by atoms with E-state index in [2.05, 4.69) is 16.0 Å². The molecule has 0 aromatic rings. The van der Waals surface area contributed by atoms with Gasteiger partial charge in [-0.2, -0.15) is 0 Å². The van der Waals surface area contributed by atoms with Gasteiger partial charge in [0.05, 0.1) is 6.04 Å². The van der Waals surface area contributed by atoms with Gasteiger partial charge in [0.25, 0.3) is 0 Å². The molecule has 24 heavy (non-hydrogen) atoms. The maximum Gasteiger partial charge on any atom is 0.223 e. The second-order valence-electron chi connectivity index (χ2n) is 6.37. The van der Waals surface area contributed by atoms with E-state index in [9.17, 15) is 9.59 Å². The zero-order valence-corrected chi connectivity index (χ0v) is 15.8. The Balaban J connectivity index is 4.57. The van der Waals surface area contributed by atoms with Crippen molar-refractivity contribution < 1.29 is 9.59 Å². The minimum atomic E-state index is -0.355. The largest absolute Gasteiger partial charge is 0.346 e. The van der Waals surface area contributed by atoms with Crippen LogP contribution in [0, 0.1) is 5.92 Å². The molecule has 0 heterocycles. The number of hydrogen-bond donors (Lipinski definition) is 4. The molecule has 142 valence electrons. The molecule has 0 aliphatic rings. The molecule has 0 aliphatic heterocycles. The molecule has 0 radical (unpaired) electrons. The van der Waals surface area contributed by atoms with E-state index >= 15 is 0 Å². The summed E-state index contributed by atoms with van der Waals surface area (Å²) >= 11 is 0. The molecule has 2 unspecified atom stereocenters. The van der Waals surface area contributed by atoms with E-state index < -0.39 is 0 Å². The Labute approximate surface area is 147 Å². The highest BCUT2D eigenvalue weighted by molar-refractivity contribution is 5.89. The van der Waals surface area contributed by atoms with Crippen LogP contribution in [0.4, 0.5) is 0 Å². The van der Waals surface area contributed by atoms with Crippen LogP contribution in [0.15, 0.2) is 0 Å². The van der Waals surface area contributed by atoms with Crippen molar-refractivity contribution in [3.63, 3.8) is 0 Å². The third-order valence-corrected chi connectivity index (χ3v) is 4.34. The molecule has 0 spiro atoms. The number of amides is 1. The Kier molecular flexibility index (Phi) is 14.9. The van der Waals surface area contributed by atoms with Crippen molar-refractivity contribution in [3.05, 3.63) is 0 Å². The van der Waals surface area contributed by atoms with Crippen LogP contribution in [0.25, 0.3) is 0 Å². The third-order valence-electron chi connectivity index (χ3n) is 4.34. The van der Waals surface area contributed by atoms with Gasteiger partial charge in [0, 0.05) is 12.3 Å². The van der Waals surface area contributed by atoms with Crippen molar-refractivity contribution in [2.45, 2.75) is 64.3 Å². The summed E-state index contributed by atoms with van der Waals surface area (Å²) in [5.41, 5.74) is 5.52. The van der Waals surface area contributed by atoms with E-state index in [1.165, 1.54) is 0 Å². The maximum atomic E-state index is 12.5. The first-order valence-corrected chi connectivity index (χ1v) is 9.43. The van der Waals surface area contributed by atoms with E-state index in [0.29, 0.717) is 19.4 Å². The fourth-order valence-corrected chi connectivity index (χ4v) is 2.76. The van der Waals surface area contributed by atoms with Crippen molar-refractivity contribution >= 4 is 11.7 Å². The SMILES string of the molecule is CCC(CCCCN)C(=O)NC(CCCNC)C(=O)CCCNC. The van der Waals surface area contributed by atoms with Gasteiger partial charge in [-0.1, -0.05) is 13.3 Å². The number of nitrogens with two attached hydrogens (primary N) is 1. The smallest absolute Gasteiger partial charge is 0.223 e. The molecule has 5 N–H and O–H groups in total. The van der Waals surface area contributed by atoms with Crippen LogP contribution < -0.4 is 21.7 Å². The molecule has 0 saturated heterocycles. The number of Topliss-reactive ketones (excluding diaryl/α,β-unsaturated/α-hetero) is 1. The first kappa shape index (κ1) is 23.0. The molecule has 0 rings (SSSR count). The predicted octanol–water partition coefficient (Wildman–Crippen LogP) is 1.19. The van der Waals surface area contributed by atoms with Crippen molar-refractivity contribution in [1.82, 2.24) is 16.0 Å². The molecule has 6 heteroatoms. The average Bonchev–Trinajstić information content (AvgIpc) is 2.58. The van der Waals surface area contributed by atoms with E-state index in [1.54, 1.807) is 0 Å². The van der Waals surface area contributed by atoms with E-state index in [1.807, 2.05) is 21.0 Å². The summed E-state index contributed by atoms with van der Waals surface area (Å²) in [6, 6.07) is -0.355. The summed E-state index contributed by atoms with van der Waals surface area (Å²) in [5, 5.41) is 9.15. The Hall–Kier alpha value is -0.980. The van der Waals surface area contributed by atoms with Crippen molar-refractivity contribution in [2.24, 2.45) is 11.7 Å². The molecule has 2 atom stereocenters. The number of ketones is 1. The highest BCUT2D eigenvalue weighted by Gasteiger charge is 2.23. The van der Waals surface area contributed by atoms with Gasteiger partial charge < -0.3 is 21.7 Å². The van der Waals surface area contributed by atoms with Gasteiger partial charge in [-0.25, -0.2) is 0 Å². The summed E-state index contributed by atoms with van der Waals surface area (Å²) < 4.78 is 0. The summed E-state index contributed by atoms with van der Waals surface area (Å²) in [6.07, 6.45) is 6.44. The van der Waals surface area contributed by atoms with Crippen LogP contribution in [0.3, 0.4) is 0 Å². The predicted molar refractivity (Wildman–Crippen MR) is 99.9 cm³/mol. The molecule has 0 aromatic carbocycles. The molecule has 0 bridgehead atoms. The molecule has 6 nitrogen and oxygen atoms in total. The summed E-state index contributed by atoms with van der Waals surface area (Å²) in [6.45, 7) is 4.36. The molecule has 0 aromatic heterocycles. The van der Waals surface area contributed by atoms with Gasteiger partial charge in [-0.05, 0) is 72.3 Å². The van der Waals surface area contributed by atoms with Crippen LogP contribution >= 0.6 is 0 Å². The Bertz CT molecular complexity index is 337. The van der Waals surface area contributed by atoms with Gasteiger partial charge in [0.1, 0.15) is 0 Å². The molecule has 1 amide bonds. The van der Waals surface area contributed by atoms with E-state index in [-0.39, 0.29) is 23.7 Å². The fourth-order valence-electron chi connectivity index (χ4n) is 2.76. The lowest BCUT2D eigenvalue weighted by Crippen LogP contribution is -2.44. The number of nitrogens with one attached hydrogen (secondary N) is 3. The second kappa shape index (κ2) is 15.5. The maximum absolute atomic E-state index is 12.5. The number of carbonyl (C=O) groups is 2. The number of unbranched alkanes of at least 4 members (excludes halogenated alkanes) is 1. The summed E-state index contributed by atoms with van der Waals surface area (Å²) in [7, 11) is 3.77. The highest BCUT2D eigenvalue weighted by Crippen LogP contribution is 2.14. The average molecular weight is 343 g/mol. The van der Waals surface area contributed by atoms with Gasteiger partial charge in [0.2, 0.25) is 5.91 Å². The van der Waals surface area contributed by atoms with Crippen LogP contribution in [0.2, 0.25) is 0 Å². The lowest BCUT2D eigenvalue weighted by atomic mass is 9.96. The van der Waals surface area contributed by atoms with Gasteiger partial charge in [-0.3, -0.25) is 9.59 Å². The lowest BCUT2D eigenvalue weighted by Gasteiger charge is -2.21. The quantitative estimate of drug-likeness (QED) is 0.316. The standard InChI is InChI=1S/C18H38N4O2/c1-4-15(9-5-6-12-19)18(24)22-16(10-7-13-20-2)17(23)11-8-14-21-3/h15-16,20-21H,4-14,19H2,1-3H3,(H,22,24). The van der Waals surface area contributed by atoms with Crippen LogP contribution in [-0.4, -0.2) is 51.5 Å². The molecular formula is C18H38N4O2. The Morgan fingerprint density at radius 2 is 1.62 bits per heavy atom. The monoisotopic (exact) mass is 342 g/mol. The van der Waals surface area contributed by atoms with Crippen molar-refractivity contribution in [1.29, 1.82) is 0 Å².